The Balaban J connectivity index is 2.14. The van der Waals surface area contributed by atoms with E-state index in [1.54, 1.807) is 4.90 Å². The Kier molecular flexibility index (Phi) is 10.3. The van der Waals surface area contributed by atoms with Gasteiger partial charge in [0, 0.05) is 25.0 Å². The van der Waals surface area contributed by atoms with Gasteiger partial charge in [0.05, 0.1) is 6.10 Å². The van der Waals surface area contributed by atoms with Gasteiger partial charge in [-0.1, -0.05) is 35.2 Å². The fourth-order valence-corrected chi connectivity index (χ4v) is 3.46. The predicted octanol–water partition coefficient (Wildman–Crippen LogP) is 5.53. The summed E-state index contributed by atoms with van der Waals surface area (Å²) in [7, 11) is 1.85. The summed E-state index contributed by atoms with van der Waals surface area (Å²) in [4.78, 5) is 13.9. The number of nitrogens with zero attached hydrogens (tertiary/aromatic N) is 1. The highest BCUT2D eigenvalue weighted by atomic mass is 79.9. The molecule has 1 saturated carbocycles. The molecule has 24 heavy (non-hydrogen) atoms. The Bertz CT molecular complexity index is 349. The summed E-state index contributed by atoms with van der Waals surface area (Å²) in [5.74, 6) is 0. The molecule has 0 spiro atoms. The van der Waals surface area contributed by atoms with E-state index < -0.39 is 5.60 Å². The lowest BCUT2D eigenvalue weighted by Crippen LogP contribution is -2.43. The minimum absolute atomic E-state index is 0.213. The van der Waals surface area contributed by atoms with E-state index in [-0.39, 0.29) is 12.1 Å². The monoisotopic (exact) mass is 405 g/mol. The largest absolute Gasteiger partial charge is 0.444 e. The van der Waals surface area contributed by atoms with Crippen LogP contribution in [0.15, 0.2) is 0 Å². The quantitative estimate of drug-likeness (QED) is 0.374. The summed E-state index contributed by atoms with van der Waals surface area (Å²) in [5.41, 5.74) is -0.430. The van der Waals surface area contributed by atoms with Crippen LogP contribution in [0.2, 0.25) is 0 Å². The van der Waals surface area contributed by atoms with Crippen molar-refractivity contribution >= 4 is 22.0 Å². The van der Waals surface area contributed by atoms with Gasteiger partial charge in [0.15, 0.2) is 0 Å². The number of hydrogen-bond acceptors (Lipinski definition) is 3. The molecule has 1 aliphatic rings. The number of alkyl halides is 1. The highest BCUT2D eigenvalue weighted by Crippen LogP contribution is 2.25. The maximum Gasteiger partial charge on any atom is 0.410 e. The van der Waals surface area contributed by atoms with Crippen molar-refractivity contribution < 1.29 is 14.3 Å². The normalized spacial score (nSPS) is 21.5. The molecule has 4 nitrogen and oxygen atoms in total. The molecule has 1 amide bonds. The number of hydrogen-bond donors (Lipinski definition) is 0. The molecule has 1 aliphatic carbocycles. The lowest BCUT2D eigenvalue weighted by Gasteiger charge is -2.35. The maximum atomic E-state index is 12.1. The number of carbonyl (C=O) groups is 1. The number of ether oxygens (including phenoxy) is 2. The highest BCUT2D eigenvalue weighted by Gasteiger charge is 2.29. The number of unbranched alkanes of at least 4 members (excludes halogenated alkanes) is 4. The highest BCUT2D eigenvalue weighted by molar-refractivity contribution is 9.09. The van der Waals surface area contributed by atoms with Gasteiger partial charge in [-0.2, -0.15) is 0 Å². The van der Waals surface area contributed by atoms with E-state index in [2.05, 4.69) is 15.9 Å². The molecule has 0 saturated heterocycles. The molecular formula is C19H36BrNO3. The molecule has 0 aromatic carbocycles. The second kappa shape index (κ2) is 11.3. The van der Waals surface area contributed by atoms with Crippen LogP contribution in [0.5, 0.6) is 0 Å². The van der Waals surface area contributed by atoms with Crippen molar-refractivity contribution in [2.24, 2.45) is 0 Å². The number of halogens is 1. The number of rotatable bonds is 9. The van der Waals surface area contributed by atoms with Gasteiger partial charge in [0.2, 0.25) is 0 Å². The minimum Gasteiger partial charge on any atom is -0.444 e. The van der Waals surface area contributed by atoms with E-state index >= 15 is 0 Å². The van der Waals surface area contributed by atoms with E-state index in [0.29, 0.717) is 6.10 Å². The fraction of sp³-hybridized carbons (Fsp3) is 0.947. The standard InChI is InChI=1S/C19H36BrNO3/c1-19(2,3)24-18(22)21(4)16-10-12-17(13-11-16)23-15-9-7-5-6-8-14-20/h16-17H,5-15H2,1-4H3. The fourth-order valence-electron chi connectivity index (χ4n) is 3.06. The zero-order valence-corrected chi connectivity index (χ0v) is 17.6. The second-order valence-electron chi connectivity index (χ2n) is 7.85. The van der Waals surface area contributed by atoms with Crippen molar-refractivity contribution in [1.82, 2.24) is 4.90 Å². The zero-order valence-electron chi connectivity index (χ0n) is 16.0. The molecule has 142 valence electrons. The summed E-state index contributed by atoms with van der Waals surface area (Å²) in [6.45, 7) is 6.60. The first-order valence-corrected chi connectivity index (χ1v) is 10.6. The van der Waals surface area contributed by atoms with Crippen molar-refractivity contribution in [2.75, 3.05) is 19.0 Å². The summed E-state index contributed by atoms with van der Waals surface area (Å²) in [5, 5.41) is 1.12. The first kappa shape index (κ1) is 21.8. The van der Waals surface area contributed by atoms with E-state index in [0.717, 1.165) is 37.6 Å². The van der Waals surface area contributed by atoms with Gasteiger partial charge in [-0.05, 0) is 59.3 Å². The molecule has 0 radical (unpaired) electrons. The third kappa shape index (κ3) is 9.26. The topological polar surface area (TPSA) is 38.8 Å². The third-order valence-electron chi connectivity index (χ3n) is 4.50. The van der Waals surface area contributed by atoms with Gasteiger partial charge in [-0.25, -0.2) is 4.79 Å². The Morgan fingerprint density at radius 2 is 1.62 bits per heavy atom. The van der Waals surface area contributed by atoms with Gasteiger partial charge in [0.1, 0.15) is 5.60 Å². The van der Waals surface area contributed by atoms with Crippen molar-refractivity contribution in [3.05, 3.63) is 0 Å². The zero-order chi connectivity index (χ0) is 18.0. The molecule has 0 aliphatic heterocycles. The molecule has 0 aromatic heterocycles. The van der Waals surface area contributed by atoms with Gasteiger partial charge in [-0.3, -0.25) is 0 Å². The maximum absolute atomic E-state index is 12.1. The number of carbonyl (C=O) groups excluding carboxylic acids is 1. The van der Waals surface area contributed by atoms with Crippen LogP contribution in [0.1, 0.15) is 78.6 Å². The molecule has 1 fully saturated rings. The van der Waals surface area contributed by atoms with Gasteiger partial charge < -0.3 is 14.4 Å². The number of amides is 1. The molecule has 0 bridgehead atoms. The lowest BCUT2D eigenvalue weighted by atomic mass is 9.92. The molecular weight excluding hydrogens is 370 g/mol. The molecule has 0 heterocycles. The van der Waals surface area contributed by atoms with Crippen LogP contribution in [0, 0.1) is 0 Å². The second-order valence-corrected chi connectivity index (χ2v) is 8.64. The van der Waals surface area contributed by atoms with Crippen molar-refractivity contribution in [2.45, 2.75) is 96.3 Å². The summed E-state index contributed by atoms with van der Waals surface area (Å²) < 4.78 is 11.5. The lowest BCUT2D eigenvalue weighted by molar-refractivity contribution is -0.00581. The van der Waals surface area contributed by atoms with Crippen LogP contribution < -0.4 is 0 Å². The molecule has 0 aromatic rings. The molecule has 1 rings (SSSR count). The summed E-state index contributed by atoms with van der Waals surface area (Å²) >= 11 is 3.47. The van der Waals surface area contributed by atoms with Gasteiger partial charge in [-0.15, -0.1) is 0 Å². The van der Waals surface area contributed by atoms with Crippen LogP contribution in [0.4, 0.5) is 4.79 Å². The molecule has 5 heteroatoms. The Morgan fingerprint density at radius 1 is 1.04 bits per heavy atom. The van der Waals surface area contributed by atoms with E-state index in [4.69, 9.17) is 9.47 Å². The van der Waals surface area contributed by atoms with Crippen LogP contribution in [-0.2, 0) is 9.47 Å². The SMILES string of the molecule is CN(C(=O)OC(C)(C)C)C1CCC(OCCCCCCCBr)CC1. The van der Waals surface area contributed by atoms with Crippen molar-refractivity contribution in [3.63, 3.8) is 0 Å². The van der Waals surface area contributed by atoms with Crippen LogP contribution in [-0.4, -0.2) is 47.7 Å². The molecule has 0 unspecified atom stereocenters. The van der Waals surface area contributed by atoms with Crippen LogP contribution >= 0.6 is 15.9 Å². The van der Waals surface area contributed by atoms with E-state index in [1.807, 2.05) is 27.8 Å². The minimum atomic E-state index is -0.430. The van der Waals surface area contributed by atoms with Gasteiger partial charge >= 0.3 is 6.09 Å². The Hall–Kier alpha value is -0.290. The average Bonchev–Trinajstić information content (AvgIpc) is 2.52. The third-order valence-corrected chi connectivity index (χ3v) is 5.07. The average molecular weight is 406 g/mol. The van der Waals surface area contributed by atoms with Crippen LogP contribution in [0.25, 0.3) is 0 Å². The molecule has 0 N–H and O–H groups in total. The van der Waals surface area contributed by atoms with E-state index in [9.17, 15) is 4.79 Å². The van der Waals surface area contributed by atoms with Crippen molar-refractivity contribution in [3.8, 4) is 0 Å². The Labute approximate surface area is 156 Å². The van der Waals surface area contributed by atoms with E-state index in [1.165, 1.54) is 32.1 Å². The first-order valence-electron chi connectivity index (χ1n) is 9.47. The summed E-state index contributed by atoms with van der Waals surface area (Å²) in [6, 6.07) is 0.281. The smallest absolute Gasteiger partial charge is 0.410 e. The Morgan fingerprint density at radius 3 is 2.21 bits per heavy atom. The first-order chi connectivity index (χ1) is 11.3. The van der Waals surface area contributed by atoms with Crippen molar-refractivity contribution in [1.29, 1.82) is 0 Å². The van der Waals surface area contributed by atoms with Crippen LogP contribution in [0.3, 0.4) is 0 Å². The predicted molar refractivity (Wildman–Crippen MR) is 103 cm³/mol. The summed E-state index contributed by atoms with van der Waals surface area (Å²) in [6.07, 6.45) is 10.6. The molecule has 0 atom stereocenters. The van der Waals surface area contributed by atoms with Gasteiger partial charge in [0.25, 0.3) is 0 Å².